The van der Waals surface area contributed by atoms with Crippen molar-refractivity contribution in [2.75, 3.05) is 5.43 Å². The van der Waals surface area contributed by atoms with Crippen molar-refractivity contribution < 1.29 is 4.92 Å². The number of nitrogens with one attached hydrogen (secondary N) is 1. The van der Waals surface area contributed by atoms with E-state index in [4.69, 9.17) is 9.97 Å². The number of nitro groups is 1. The summed E-state index contributed by atoms with van der Waals surface area (Å²) in [5.41, 5.74) is 9.37. The Morgan fingerprint density at radius 2 is 1.12 bits per heavy atom. The van der Waals surface area contributed by atoms with Crippen LogP contribution in [0.5, 0.6) is 0 Å². The maximum absolute atomic E-state index is 11.0. The first-order valence-electron chi connectivity index (χ1n) is 13.0. The lowest BCUT2D eigenvalue weighted by Gasteiger charge is -1.99. The number of benzene rings is 3. The van der Waals surface area contributed by atoms with E-state index in [1.54, 1.807) is 21.2 Å². The quantitative estimate of drug-likeness (QED) is 0.123. The van der Waals surface area contributed by atoms with Gasteiger partial charge in [0.2, 0.25) is 0 Å². The lowest BCUT2D eigenvalue weighted by Crippen LogP contribution is -2.06. The number of hydrogen-bond acceptors (Lipinski definition) is 10. The summed E-state index contributed by atoms with van der Waals surface area (Å²) in [4.78, 5) is 20.1. The van der Waals surface area contributed by atoms with E-state index in [-0.39, 0.29) is 5.69 Å². The molecule has 0 atom stereocenters. The van der Waals surface area contributed by atoms with Crippen molar-refractivity contribution >= 4 is 45.7 Å². The van der Waals surface area contributed by atoms with Gasteiger partial charge in [-0.1, -0.05) is 35.4 Å². The van der Waals surface area contributed by atoms with Gasteiger partial charge in [0.25, 0.3) is 5.69 Å². The molecule has 0 fully saturated rings. The fraction of sp³-hybridized carbons (Fsp3) is 0.138. The van der Waals surface area contributed by atoms with Gasteiger partial charge in [0, 0.05) is 12.1 Å². The third-order valence-corrected chi connectivity index (χ3v) is 6.58. The fourth-order valence-electron chi connectivity index (χ4n) is 4.35. The molecular weight excluding hydrogens is 534 g/mol. The molecule has 3 aromatic heterocycles. The van der Waals surface area contributed by atoms with E-state index < -0.39 is 4.92 Å². The van der Waals surface area contributed by atoms with Crippen molar-refractivity contribution in [1.82, 2.24) is 19.0 Å². The van der Waals surface area contributed by atoms with Gasteiger partial charge in [-0.25, -0.2) is 19.0 Å². The van der Waals surface area contributed by atoms with Crippen LogP contribution in [0.25, 0.3) is 11.3 Å². The highest BCUT2D eigenvalue weighted by Crippen LogP contribution is 2.29. The van der Waals surface area contributed by atoms with Crippen molar-refractivity contribution in [3.63, 3.8) is 0 Å². The molecule has 13 heteroatoms. The molecule has 0 spiro atoms. The van der Waals surface area contributed by atoms with E-state index in [0.29, 0.717) is 56.7 Å². The van der Waals surface area contributed by atoms with Crippen LogP contribution < -0.4 is 10.8 Å². The van der Waals surface area contributed by atoms with Gasteiger partial charge in [-0.15, -0.1) is 20.5 Å². The van der Waals surface area contributed by atoms with Gasteiger partial charge >= 0.3 is 0 Å². The number of rotatable bonds is 7. The molecular formula is C29H25N11O2. The first-order chi connectivity index (χ1) is 20.3. The minimum atomic E-state index is -0.453. The largest absolute Gasteiger partial charge is 0.278 e. The Morgan fingerprint density at radius 1 is 0.667 bits per heavy atom. The monoisotopic (exact) mass is 559 g/mol. The van der Waals surface area contributed by atoms with E-state index in [1.165, 1.54) is 12.1 Å². The topological polar surface area (TPSA) is 152 Å². The number of aromatic nitrogens is 4. The second kappa shape index (κ2) is 10.6. The van der Waals surface area contributed by atoms with Gasteiger partial charge in [0.15, 0.2) is 28.3 Å². The summed E-state index contributed by atoms with van der Waals surface area (Å²) < 4.78 is 3.53. The highest BCUT2D eigenvalue weighted by molar-refractivity contribution is 5.64. The third kappa shape index (κ3) is 4.94. The average Bonchev–Trinajstić information content (AvgIpc) is 3.57. The average molecular weight is 560 g/mol. The van der Waals surface area contributed by atoms with Gasteiger partial charge in [-0.3, -0.25) is 15.5 Å². The summed E-state index contributed by atoms with van der Waals surface area (Å²) in [5, 5.41) is 34.1. The maximum Gasteiger partial charge on any atom is 0.269 e. The predicted octanol–water partition coefficient (Wildman–Crippen LogP) is 7.32. The van der Waals surface area contributed by atoms with Crippen LogP contribution in [0, 0.1) is 37.8 Å². The number of nitro benzene ring substituents is 1. The molecule has 13 nitrogen and oxygen atoms in total. The van der Waals surface area contributed by atoms with Gasteiger partial charge < -0.3 is 0 Å². The van der Waals surface area contributed by atoms with Crippen molar-refractivity contribution in [1.29, 1.82) is 0 Å². The zero-order valence-corrected chi connectivity index (χ0v) is 23.2. The number of aryl methyl sites for hydroxylation is 4. The molecule has 6 rings (SSSR count). The Morgan fingerprint density at radius 3 is 1.55 bits per heavy atom. The molecule has 1 N–H and O–H groups in total. The van der Waals surface area contributed by atoms with Crippen LogP contribution in [0.2, 0.25) is 0 Å². The molecule has 0 aliphatic heterocycles. The second-order valence-electron chi connectivity index (χ2n) is 9.76. The molecule has 208 valence electrons. The molecule has 0 saturated carbocycles. The maximum atomic E-state index is 11.0. The lowest BCUT2D eigenvalue weighted by atomic mass is 10.2. The summed E-state index contributed by atoms with van der Waals surface area (Å²) in [6, 6.07) is 21.4. The van der Waals surface area contributed by atoms with E-state index in [2.05, 4.69) is 31.0 Å². The normalized spacial score (nSPS) is 11.8. The van der Waals surface area contributed by atoms with Crippen LogP contribution in [0.1, 0.15) is 22.5 Å². The number of fused-ring (bicyclic) bond motifs is 3. The molecule has 0 amide bonds. The molecule has 42 heavy (non-hydrogen) atoms. The Kier molecular flexibility index (Phi) is 6.66. The summed E-state index contributed by atoms with van der Waals surface area (Å²) in [6.45, 7) is 7.70. The fourth-order valence-corrected chi connectivity index (χ4v) is 4.35. The highest BCUT2D eigenvalue weighted by Gasteiger charge is 2.23. The van der Waals surface area contributed by atoms with Crippen molar-refractivity contribution in [2.24, 2.45) is 25.6 Å². The summed E-state index contributed by atoms with van der Waals surface area (Å²) in [6.07, 6.45) is 0. The smallest absolute Gasteiger partial charge is 0.269 e. The number of non-ortho nitro benzene ring substituents is 1. The van der Waals surface area contributed by atoms with Crippen LogP contribution in [0.3, 0.4) is 0 Å². The minimum Gasteiger partial charge on any atom is -0.278 e. The van der Waals surface area contributed by atoms with Crippen molar-refractivity contribution in [3.05, 3.63) is 111 Å². The highest BCUT2D eigenvalue weighted by atomic mass is 16.6. The molecule has 0 radical (unpaired) electrons. The van der Waals surface area contributed by atoms with Crippen molar-refractivity contribution in [2.45, 2.75) is 27.7 Å². The van der Waals surface area contributed by atoms with E-state index in [1.807, 2.05) is 76.2 Å². The number of nitrogens with zero attached hydrogens (tertiary/aromatic N) is 10. The second-order valence-corrected chi connectivity index (χ2v) is 9.76. The van der Waals surface area contributed by atoms with Gasteiger partial charge in [-0.05, 0) is 64.1 Å². The Bertz CT molecular complexity index is 1940. The van der Waals surface area contributed by atoms with Crippen LogP contribution >= 0.6 is 0 Å². The van der Waals surface area contributed by atoms with Crippen LogP contribution in [0.4, 0.5) is 34.4 Å². The van der Waals surface area contributed by atoms with E-state index >= 15 is 0 Å². The summed E-state index contributed by atoms with van der Waals surface area (Å²) in [5.74, 6) is 0.966. The molecule has 0 aliphatic rings. The number of imidazole rings is 2. The number of hydrogen-bond donors (Lipinski definition) is 1. The number of azo groups is 2. The van der Waals surface area contributed by atoms with Crippen LogP contribution in [0.15, 0.2) is 98.4 Å². The third-order valence-electron chi connectivity index (χ3n) is 6.58. The minimum absolute atomic E-state index is 0.0152. The lowest BCUT2D eigenvalue weighted by molar-refractivity contribution is -0.384. The zero-order chi connectivity index (χ0) is 29.4. The summed E-state index contributed by atoms with van der Waals surface area (Å²) in [7, 11) is 0. The molecule has 3 heterocycles. The molecule has 0 saturated heterocycles. The molecule has 0 aliphatic carbocycles. The number of anilines is 1. The standard InChI is InChI=1S/C29H25N11O2/c1-17-5-9-21(10-6-17)33-36-26-19(3)30-28-25(35-32-23-13-15-24(16-14-23)40(41)42)29-31-20(4)27(39(29)38(26)28)37-34-22-11-7-18(2)8-12-22/h5-16,32H,1-4H3. The first kappa shape index (κ1) is 26.4. The molecule has 3 aromatic carbocycles. The molecule has 0 unspecified atom stereocenters. The van der Waals surface area contributed by atoms with Gasteiger partial charge in [0.05, 0.1) is 33.4 Å². The van der Waals surface area contributed by atoms with Crippen LogP contribution in [-0.4, -0.2) is 23.9 Å². The Balaban J connectivity index is 1.52. The predicted molar refractivity (Wildman–Crippen MR) is 158 cm³/mol. The molecule has 0 bridgehead atoms. The zero-order valence-electron chi connectivity index (χ0n) is 23.2. The van der Waals surface area contributed by atoms with E-state index in [9.17, 15) is 10.1 Å². The van der Waals surface area contributed by atoms with Crippen LogP contribution in [-0.2, 0) is 0 Å². The van der Waals surface area contributed by atoms with Gasteiger partial charge in [-0.2, -0.15) is 5.10 Å². The van der Waals surface area contributed by atoms with Gasteiger partial charge in [0.1, 0.15) is 0 Å². The van der Waals surface area contributed by atoms with E-state index in [0.717, 1.165) is 11.1 Å². The Labute approximate surface area is 239 Å². The molecule has 6 aromatic rings. The van der Waals surface area contributed by atoms with Crippen molar-refractivity contribution in [3.8, 4) is 0 Å². The first-order valence-corrected chi connectivity index (χ1v) is 13.0. The SMILES string of the molecule is Cc1ccc(N=Nc2c(C)nc3c(=NNc4ccc([N+](=O)[O-])cc4)c4nc(C)c(N=Nc5ccc(C)cc5)n4n23)cc1. The summed E-state index contributed by atoms with van der Waals surface area (Å²) >= 11 is 0. The Hall–Kier alpha value is -5.85.